The Morgan fingerprint density at radius 2 is 1.71 bits per heavy atom. The van der Waals surface area contributed by atoms with Gasteiger partial charge >= 0.3 is 5.97 Å². The maximum absolute atomic E-state index is 13.5. The highest BCUT2D eigenvalue weighted by molar-refractivity contribution is 6.73. The first-order valence-electron chi connectivity index (χ1n) is 13.1. The Hall–Kier alpha value is -3.50. The molecule has 4 rings (SSSR count). The SMILES string of the molecule is CC[Si](CC)(CC)O[C@H](C)[C@H]1C(=O)N2C(C(=O)OCc3ccc([N+](=O)[O-])cc3)=C(c3ccc(O)cc3)C[C@H]12. The standard InChI is InChI=1S/C28H34N2O7Si/c1-5-38(6-2,7-3)37-18(4)25-24-16-23(20-10-14-22(31)15-11-20)26(29(24)27(25)32)28(33)36-17-19-8-12-21(13-9-19)30(34)35/h8-15,18,24-25,31H,5-7,16-17H2,1-4H3/t18-,24-,25-/m1/s1. The number of esters is 1. The number of non-ortho nitro benzene ring substituents is 1. The summed E-state index contributed by atoms with van der Waals surface area (Å²) in [6.07, 6.45) is 0.224. The van der Waals surface area contributed by atoms with E-state index in [2.05, 4.69) is 20.8 Å². The number of hydrogen-bond acceptors (Lipinski definition) is 7. The minimum Gasteiger partial charge on any atom is -0.508 e. The van der Waals surface area contributed by atoms with Crippen molar-refractivity contribution in [2.75, 3.05) is 0 Å². The van der Waals surface area contributed by atoms with Crippen LogP contribution in [0.15, 0.2) is 54.2 Å². The first-order valence-corrected chi connectivity index (χ1v) is 15.6. The summed E-state index contributed by atoms with van der Waals surface area (Å²) in [5, 5.41) is 20.7. The van der Waals surface area contributed by atoms with Crippen LogP contribution in [0.2, 0.25) is 18.1 Å². The van der Waals surface area contributed by atoms with Crippen molar-refractivity contribution in [3.63, 3.8) is 0 Å². The molecule has 2 aromatic rings. The molecule has 2 aliphatic rings. The van der Waals surface area contributed by atoms with Crippen LogP contribution in [0.4, 0.5) is 5.69 Å². The van der Waals surface area contributed by atoms with Crippen molar-refractivity contribution in [2.24, 2.45) is 5.92 Å². The van der Waals surface area contributed by atoms with Crippen LogP contribution in [0, 0.1) is 16.0 Å². The number of phenolic OH excluding ortho intramolecular Hbond substituents is 1. The van der Waals surface area contributed by atoms with E-state index in [9.17, 15) is 24.8 Å². The van der Waals surface area contributed by atoms with Gasteiger partial charge in [-0.05, 0) is 72.4 Å². The third-order valence-electron chi connectivity index (χ3n) is 8.01. The molecule has 38 heavy (non-hydrogen) atoms. The van der Waals surface area contributed by atoms with Gasteiger partial charge in [-0.1, -0.05) is 32.9 Å². The topological polar surface area (TPSA) is 119 Å². The number of nitro benzene ring substituents is 1. The molecular formula is C28H34N2O7Si. The minimum absolute atomic E-state index is 0.0501. The number of carbonyl (C=O) groups is 2. The van der Waals surface area contributed by atoms with Gasteiger partial charge in [0.1, 0.15) is 18.1 Å². The van der Waals surface area contributed by atoms with Gasteiger partial charge in [0.2, 0.25) is 5.91 Å². The molecule has 1 N–H and O–H groups in total. The van der Waals surface area contributed by atoms with Crippen molar-refractivity contribution in [3.8, 4) is 5.75 Å². The maximum atomic E-state index is 13.5. The van der Waals surface area contributed by atoms with E-state index in [0.717, 1.165) is 23.7 Å². The van der Waals surface area contributed by atoms with Crippen molar-refractivity contribution in [1.29, 1.82) is 0 Å². The second-order valence-electron chi connectivity index (χ2n) is 9.95. The van der Waals surface area contributed by atoms with Crippen molar-refractivity contribution in [1.82, 2.24) is 4.90 Å². The number of phenols is 1. The zero-order valence-corrected chi connectivity index (χ0v) is 23.2. The zero-order chi connectivity index (χ0) is 27.6. The molecule has 2 aromatic carbocycles. The van der Waals surface area contributed by atoms with E-state index < -0.39 is 19.2 Å². The summed E-state index contributed by atoms with van der Waals surface area (Å²) >= 11 is 0. The predicted molar refractivity (Wildman–Crippen MR) is 144 cm³/mol. The van der Waals surface area contributed by atoms with E-state index in [-0.39, 0.29) is 47.7 Å². The first-order chi connectivity index (χ1) is 18.1. The van der Waals surface area contributed by atoms with Gasteiger partial charge in [-0.3, -0.25) is 14.9 Å². The zero-order valence-electron chi connectivity index (χ0n) is 22.2. The Morgan fingerprint density at radius 1 is 1.11 bits per heavy atom. The average molecular weight is 539 g/mol. The van der Waals surface area contributed by atoms with Gasteiger partial charge in [0.05, 0.1) is 23.0 Å². The summed E-state index contributed by atoms with van der Waals surface area (Å²) in [5.41, 5.74) is 2.18. The highest BCUT2D eigenvalue weighted by Gasteiger charge is 2.58. The third-order valence-corrected chi connectivity index (χ3v) is 12.7. The van der Waals surface area contributed by atoms with Crippen LogP contribution < -0.4 is 0 Å². The number of carbonyl (C=O) groups excluding carboxylic acids is 2. The molecule has 0 aromatic heterocycles. The molecule has 0 aliphatic carbocycles. The lowest BCUT2D eigenvalue weighted by atomic mass is 9.82. The Kier molecular flexibility index (Phi) is 8.03. The fourth-order valence-electron chi connectivity index (χ4n) is 5.56. The average Bonchev–Trinajstić information content (AvgIpc) is 3.26. The Morgan fingerprint density at radius 3 is 2.26 bits per heavy atom. The molecule has 9 nitrogen and oxygen atoms in total. The molecule has 0 unspecified atom stereocenters. The third kappa shape index (κ3) is 5.10. The van der Waals surface area contributed by atoms with Crippen LogP contribution in [0.5, 0.6) is 5.75 Å². The Balaban J connectivity index is 1.57. The fraction of sp³-hybridized carbons (Fsp3) is 0.429. The monoisotopic (exact) mass is 538 g/mol. The number of benzene rings is 2. The van der Waals surface area contributed by atoms with Crippen LogP contribution in [-0.2, 0) is 25.4 Å². The quantitative estimate of drug-likeness (QED) is 0.134. The number of aromatic hydroxyl groups is 1. The number of fused-ring (bicyclic) bond motifs is 1. The van der Waals surface area contributed by atoms with Gasteiger partial charge < -0.3 is 19.2 Å². The highest BCUT2D eigenvalue weighted by Crippen LogP contribution is 2.48. The number of β-lactam (4-membered cyclic amide) rings is 1. The maximum Gasteiger partial charge on any atom is 0.355 e. The van der Waals surface area contributed by atoms with E-state index in [4.69, 9.17) is 9.16 Å². The molecular weight excluding hydrogens is 504 g/mol. The second kappa shape index (κ2) is 11.1. The van der Waals surface area contributed by atoms with E-state index in [1.807, 2.05) is 6.92 Å². The summed E-state index contributed by atoms with van der Waals surface area (Å²) in [7, 11) is -1.93. The molecule has 0 radical (unpaired) electrons. The second-order valence-corrected chi connectivity index (χ2v) is 14.7. The summed E-state index contributed by atoms with van der Waals surface area (Å²) < 4.78 is 12.2. The van der Waals surface area contributed by atoms with Crippen molar-refractivity contribution in [2.45, 2.75) is 71.0 Å². The Bertz CT molecular complexity index is 1230. The molecule has 0 saturated carbocycles. The molecule has 1 saturated heterocycles. The van der Waals surface area contributed by atoms with E-state index >= 15 is 0 Å². The molecule has 202 valence electrons. The van der Waals surface area contributed by atoms with Crippen LogP contribution in [0.25, 0.3) is 5.57 Å². The van der Waals surface area contributed by atoms with E-state index in [1.54, 1.807) is 24.3 Å². The van der Waals surface area contributed by atoms with E-state index in [0.29, 0.717) is 17.6 Å². The number of ether oxygens (including phenoxy) is 1. The van der Waals surface area contributed by atoms with Gasteiger partial charge in [-0.2, -0.15) is 0 Å². The molecule has 0 bridgehead atoms. The fourth-order valence-corrected chi connectivity index (χ4v) is 8.50. The largest absolute Gasteiger partial charge is 0.508 e. The molecule has 0 spiro atoms. The predicted octanol–water partition coefficient (Wildman–Crippen LogP) is 5.40. The number of amides is 1. The van der Waals surface area contributed by atoms with Gasteiger partial charge in [0.15, 0.2) is 8.32 Å². The first kappa shape index (κ1) is 27.5. The molecule has 1 amide bonds. The van der Waals surface area contributed by atoms with Crippen molar-refractivity contribution in [3.05, 3.63) is 75.5 Å². The molecule has 1 fully saturated rings. The highest BCUT2D eigenvalue weighted by atomic mass is 28.4. The van der Waals surface area contributed by atoms with Crippen molar-refractivity contribution >= 4 is 31.5 Å². The molecule has 2 aliphatic heterocycles. The van der Waals surface area contributed by atoms with Crippen LogP contribution in [0.3, 0.4) is 0 Å². The Labute approximate surface area is 223 Å². The number of hydrogen-bond donors (Lipinski definition) is 1. The number of nitro groups is 1. The summed E-state index contributed by atoms with van der Waals surface area (Å²) in [6, 6.07) is 15.1. The van der Waals surface area contributed by atoms with Gasteiger partial charge in [0.25, 0.3) is 5.69 Å². The smallest absolute Gasteiger partial charge is 0.355 e. The molecule has 2 heterocycles. The lowest BCUT2D eigenvalue weighted by molar-refractivity contribution is -0.384. The van der Waals surface area contributed by atoms with E-state index in [1.165, 1.54) is 29.2 Å². The lowest BCUT2D eigenvalue weighted by Crippen LogP contribution is -2.63. The van der Waals surface area contributed by atoms with Crippen LogP contribution in [-0.4, -0.2) is 47.3 Å². The van der Waals surface area contributed by atoms with Crippen LogP contribution in [0.1, 0.15) is 45.2 Å². The van der Waals surface area contributed by atoms with Gasteiger partial charge in [0, 0.05) is 12.1 Å². The summed E-state index contributed by atoms with van der Waals surface area (Å²) in [4.78, 5) is 38.8. The number of rotatable bonds is 11. The van der Waals surface area contributed by atoms with Gasteiger partial charge in [-0.15, -0.1) is 0 Å². The summed E-state index contributed by atoms with van der Waals surface area (Å²) in [6.45, 7) is 8.34. The van der Waals surface area contributed by atoms with Crippen LogP contribution >= 0.6 is 0 Å². The lowest BCUT2D eigenvalue weighted by Gasteiger charge is -2.48. The number of nitrogens with zero attached hydrogens (tertiary/aromatic N) is 2. The van der Waals surface area contributed by atoms with Gasteiger partial charge in [-0.25, -0.2) is 4.79 Å². The molecule has 3 atom stereocenters. The summed E-state index contributed by atoms with van der Waals surface area (Å²) in [5.74, 6) is -1.02. The minimum atomic E-state index is -1.93. The van der Waals surface area contributed by atoms with Crippen molar-refractivity contribution < 1.29 is 28.8 Å². The molecule has 10 heteroatoms. The normalized spacial score (nSPS) is 19.7.